The molecule has 0 aliphatic carbocycles. The van der Waals surface area contributed by atoms with Crippen LogP contribution in [0.25, 0.3) is 0 Å². The predicted molar refractivity (Wildman–Crippen MR) is 57.0 cm³/mol. The number of hydrogen-bond acceptors (Lipinski definition) is 2. The molecular formula is C11H13LiO2. The predicted octanol–water partition coefficient (Wildman–Crippen LogP) is 1.44. The normalized spacial score (nSPS) is 11.2. The molecule has 1 aromatic rings. The van der Waals surface area contributed by atoms with Crippen molar-refractivity contribution in [3.05, 3.63) is 29.8 Å². The molecule has 1 aromatic carbocycles. The van der Waals surface area contributed by atoms with Crippen molar-refractivity contribution < 1.29 is 9.53 Å². The van der Waals surface area contributed by atoms with Crippen molar-refractivity contribution in [2.24, 2.45) is 0 Å². The maximum atomic E-state index is 11.5. The minimum atomic E-state index is -0.429. The Balaban J connectivity index is 2.76. The second kappa shape index (κ2) is 4.21. The third-order valence-electron chi connectivity index (χ3n) is 1.69. The Labute approximate surface area is 93.9 Å². The molecule has 0 atom stereocenters. The van der Waals surface area contributed by atoms with Gasteiger partial charge in [0.05, 0.1) is 0 Å². The summed E-state index contributed by atoms with van der Waals surface area (Å²) in [7, 11) is 0. The van der Waals surface area contributed by atoms with E-state index in [2.05, 4.69) is 0 Å². The first kappa shape index (κ1) is 11.4. The van der Waals surface area contributed by atoms with E-state index >= 15 is 0 Å². The number of rotatable bonds is 1. The van der Waals surface area contributed by atoms with Crippen molar-refractivity contribution in [3.63, 3.8) is 0 Å². The van der Waals surface area contributed by atoms with Gasteiger partial charge in [-0.2, -0.15) is 0 Å². The molecule has 0 saturated heterocycles. The summed E-state index contributed by atoms with van der Waals surface area (Å²) in [6.07, 6.45) is 0. The molecule has 0 radical (unpaired) electrons. The van der Waals surface area contributed by atoms with Gasteiger partial charge in [0.1, 0.15) is 0 Å². The maximum absolute atomic E-state index is 11.5. The molecule has 1 rings (SSSR count). The summed E-state index contributed by atoms with van der Waals surface area (Å²) in [4.78, 5) is 11.5. The molecule has 0 saturated carbocycles. The van der Waals surface area contributed by atoms with Gasteiger partial charge in [0.15, 0.2) is 0 Å². The SMILES string of the molecule is [Li][c]1ccc(C(=O)OC(C)(C)C)cc1. The van der Waals surface area contributed by atoms with E-state index in [1.165, 1.54) is 0 Å². The Bertz CT molecular complexity index is 322. The fourth-order valence-electron chi connectivity index (χ4n) is 1.03. The zero-order valence-electron chi connectivity index (χ0n) is 9.13. The van der Waals surface area contributed by atoms with Crippen LogP contribution in [0.2, 0.25) is 0 Å². The van der Waals surface area contributed by atoms with E-state index < -0.39 is 5.60 Å². The Morgan fingerprint density at radius 2 is 1.71 bits per heavy atom. The van der Waals surface area contributed by atoms with Crippen LogP contribution in [0.1, 0.15) is 31.1 Å². The van der Waals surface area contributed by atoms with Crippen LogP contribution in [0.4, 0.5) is 0 Å². The van der Waals surface area contributed by atoms with Crippen LogP contribution in [0, 0.1) is 0 Å². The van der Waals surface area contributed by atoms with E-state index in [4.69, 9.17) is 4.74 Å². The van der Waals surface area contributed by atoms with Crippen molar-refractivity contribution in [2.75, 3.05) is 0 Å². The molecule has 2 nitrogen and oxygen atoms in total. The number of esters is 1. The van der Waals surface area contributed by atoms with Gasteiger partial charge in [-0.15, -0.1) is 0 Å². The molecule has 0 fully saturated rings. The standard InChI is InChI=1S/C11H13O2.Li/c1-11(2,3)13-10(12)9-7-5-4-6-8-9;/h5-8H,1-3H3;. The number of carbonyl (C=O) groups excluding carboxylic acids is 1. The second-order valence-electron chi connectivity index (χ2n) is 4.37. The van der Waals surface area contributed by atoms with Gasteiger partial charge in [0, 0.05) is 0 Å². The summed E-state index contributed by atoms with van der Waals surface area (Å²) in [6.45, 7) is 5.58. The van der Waals surface area contributed by atoms with Crippen molar-refractivity contribution in [1.82, 2.24) is 0 Å². The number of hydrogen-bond donors (Lipinski definition) is 0. The Kier molecular flexibility index (Phi) is 3.42. The van der Waals surface area contributed by atoms with Gasteiger partial charge < -0.3 is 0 Å². The molecular weight excluding hydrogens is 171 g/mol. The van der Waals surface area contributed by atoms with Gasteiger partial charge >= 0.3 is 93.7 Å². The van der Waals surface area contributed by atoms with E-state index in [1.807, 2.05) is 50.6 Å². The Morgan fingerprint density at radius 3 is 2.14 bits per heavy atom. The van der Waals surface area contributed by atoms with E-state index in [0.29, 0.717) is 5.56 Å². The zero-order chi connectivity index (χ0) is 10.8. The van der Waals surface area contributed by atoms with Crippen LogP contribution in [0.5, 0.6) is 0 Å². The van der Waals surface area contributed by atoms with Crippen LogP contribution < -0.4 is 4.24 Å². The average Bonchev–Trinajstić information content (AvgIpc) is 2.02. The Hall–Kier alpha value is -0.713. The molecule has 0 amide bonds. The zero-order valence-corrected chi connectivity index (χ0v) is 9.13. The first-order valence-corrected chi connectivity index (χ1v) is 4.68. The van der Waals surface area contributed by atoms with Gasteiger partial charge in [-0.1, -0.05) is 0 Å². The Morgan fingerprint density at radius 1 is 1.21 bits per heavy atom. The molecule has 0 bridgehead atoms. The quantitative estimate of drug-likeness (QED) is 0.487. The molecule has 0 aliphatic rings. The fourth-order valence-corrected chi connectivity index (χ4v) is 1.03. The number of carbonyl (C=O) groups is 1. The average molecular weight is 184 g/mol. The molecule has 0 aromatic heterocycles. The summed E-state index contributed by atoms with van der Waals surface area (Å²) >= 11 is 1.98. The monoisotopic (exact) mass is 184 g/mol. The van der Waals surface area contributed by atoms with Crippen LogP contribution in [0.15, 0.2) is 24.3 Å². The molecule has 0 N–H and O–H groups in total. The van der Waals surface area contributed by atoms with Gasteiger partial charge in [-0.05, 0) is 0 Å². The number of ether oxygens (including phenoxy) is 1. The summed E-state index contributed by atoms with van der Waals surface area (Å²) in [6, 6.07) is 7.37. The van der Waals surface area contributed by atoms with E-state index in [0.717, 1.165) is 4.24 Å². The topological polar surface area (TPSA) is 26.3 Å². The third kappa shape index (κ3) is 3.57. The van der Waals surface area contributed by atoms with Gasteiger partial charge in [0.25, 0.3) is 0 Å². The summed E-state index contributed by atoms with van der Waals surface area (Å²) in [5, 5.41) is 0. The van der Waals surface area contributed by atoms with Crippen molar-refractivity contribution in [2.45, 2.75) is 26.4 Å². The van der Waals surface area contributed by atoms with Crippen LogP contribution >= 0.6 is 0 Å². The van der Waals surface area contributed by atoms with E-state index in [-0.39, 0.29) is 5.97 Å². The summed E-state index contributed by atoms with van der Waals surface area (Å²) in [5.41, 5.74) is 0.174. The van der Waals surface area contributed by atoms with Crippen LogP contribution in [-0.2, 0) is 4.74 Å². The van der Waals surface area contributed by atoms with E-state index in [9.17, 15) is 4.79 Å². The molecule has 3 heteroatoms. The third-order valence-corrected chi connectivity index (χ3v) is 1.69. The van der Waals surface area contributed by atoms with Crippen molar-refractivity contribution in [3.8, 4) is 0 Å². The van der Waals surface area contributed by atoms with Crippen molar-refractivity contribution >= 4 is 27.9 Å². The van der Waals surface area contributed by atoms with Crippen molar-refractivity contribution in [1.29, 1.82) is 0 Å². The number of benzene rings is 1. The molecule has 0 unspecified atom stereocenters. The summed E-state index contributed by atoms with van der Waals surface area (Å²) in [5.74, 6) is -0.266. The summed E-state index contributed by atoms with van der Waals surface area (Å²) < 4.78 is 6.36. The van der Waals surface area contributed by atoms with Gasteiger partial charge in [-0.3, -0.25) is 0 Å². The minimum absolute atomic E-state index is 0.266. The molecule has 0 heterocycles. The molecule has 14 heavy (non-hydrogen) atoms. The van der Waals surface area contributed by atoms with Gasteiger partial charge in [0.2, 0.25) is 0 Å². The van der Waals surface area contributed by atoms with Crippen LogP contribution in [0.3, 0.4) is 0 Å². The molecule has 0 spiro atoms. The molecule has 0 aliphatic heterocycles. The van der Waals surface area contributed by atoms with E-state index in [1.54, 1.807) is 12.1 Å². The fraction of sp³-hybridized carbons (Fsp3) is 0.364. The molecule has 70 valence electrons. The van der Waals surface area contributed by atoms with Crippen LogP contribution in [-0.4, -0.2) is 29.3 Å². The van der Waals surface area contributed by atoms with Gasteiger partial charge in [-0.25, -0.2) is 0 Å². The first-order chi connectivity index (χ1) is 6.38. The first-order valence-electron chi connectivity index (χ1n) is 4.68. The second-order valence-corrected chi connectivity index (χ2v) is 4.37.